The number of hydrogen-bond acceptors (Lipinski definition) is 4. The second kappa shape index (κ2) is 10.4. The zero-order valence-electron chi connectivity index (χ0n) is 18.5. The summed E-state index contributed by atoms with van der Waals surface area (Å²) in [6, 6.07) is 20.9. The van der Waals surface area contributed by atoms with Gasteiger partial charge in [-0.05, 0) is 44.6 Å². The fourth-order valence-corrected chi connectivity index (χ4v) is 4.37. The summed E-state index contributed by atoms with van der Waals surface area (Å²) < 4.78 is 26.5. The Morgan fingerprint density at radius 1 is 1.18 bits per heavy atom. The Labute approximate surface area is 207 Å². The topological polar surface area (TPSA) is 55.8 Å². The highest BCUT2D eigenvalue weighted by molar-refractivity contribution is 9.10. The third kappa shape index (κ3) is 5.02. The monoisotopic (exact) mass is 521 g/mol. The molecular weight excluding hydrogens is 500 g/mol. The number of amides is 2. The standard InChI is InChI=1S/C26H22BBrFNO4/c1-16(19-12-20(28)23(13-21(19)29)33-14-17-8-4-2-5-9-17)24(27)25(31)30-22(15-34-26(30)32)18-10-6-3-7-11-18/h2-13,16,22,24H,14-15H2,1H3/t16-,22-,24+/m0/s1. The molecule has 0 bridgehead atoms. The first-order valence-corrected chi connectivity index (χ1v) is 11.6. The van der Waals surface area contributed by atoms with Crippen LogP contribution in [-0.2, 0) is 16.1 Å². The summed E-state index contributed by atoms with van der Waals surface area (Å²) in [5, 5.41) is 0. The highest BCUT2D eigenvalue weighted by atomic mass is 79.9. The summed E-state index contributed by atoms with van der Waals surface area (Å²) in [4.78, 5) is 26.6. The van der Waals surface area contributed by atoms with Gasteiger partial charge in [-0.15, -0.1) is 0 Å². The summed E-state index contributed by atoms with van der Waals surface area (Å²) in [7, 11) is 6.25. The first-order chi connectivity index (χ1) is 16.4. The van der Waals surface area contributed by atoms with E-state index < -0.39 is 35.6 Å². The summed E-state index contributed by atoms with van der Waals surface area (Å²) in [6.07, 6.45) is -0.757. The molecule has 0 aliphatic carbocycles. The highest BCUT2D eigenvalue weighted by Gasteiger charge is 2.41. The summed E-state index contributed by atoms with van der Waals surface area (Å²) in [5.41, 5.74) is 1.95. The summed E-state index contributed by atoms with van der Waals surface area (Å²) in [5.74, 6) is -2.70. The van der Waals surface area contributed by atoms with Crippen LogP contribution in [0.5, 0.6) is 5.75 Å². The number of ether oxygens (including phenoxy) is 2. The van der Waals surface area contributed by atoms with Crippen molar-refractivity contribution in [2.45, 2.75) is 31.3 Å². The van der Waals surface area contributed by atoms with E-state index >= 15 is 4.39 Å². The van der Waals surface area contributed by atoms with E-state index in [9.17, 15) is 9.59 Å². The van der Waals surface area contributed by atoms with E-state index in [1.54, 1.807) is 13.0 Å². The molecule has 1 aliphatic heterocycles. The van der Waals surface area contributed by atoms with Crippen molar-refractivity contribution in [2.75, 3.05) is 6.61 Å². The van der Waals surface area contributed by atoms with Gasteiger partial charge in [0.25, 0.3) is 0 Å². The summed E-state index contributed by atoms with van der Waals surface area (Å²) >= 11 is 3.42. The number of carbonyl (C=O) groups excluding carboxylic acids is 2. The minimum atomic E-state index is -1.16. The van der Waals surface area contributed by atoms with Crippen LogP contribution in [0.2, 0.25) is 5.82 Å². The van der Waals surface area contributed by atoms with Gasteiger partial charge in [-0.3, -0.25) is 4.79 Å². The Morgan fingerprint density at radius 3 is 2.50 bits per heavy atom. The maximum absolute atomic E-state index is 15.1. The SMILES string of the molecule is [B][C@@H](C(=O)N1C(=O)OC[C@H]1c1ccccc1)[C@@H](C)c1cc(Br)c(OCc2ccccc2)cc1F. The molecule has 0 N–H and O–H groups in total. The minimum Gasteiger partial charge on any atom is -0.488 e. The molecule has 0 saturated carbocycles. The van der Waals surface area contributed by atoms with Gasteiger partial charge in [0.15, 0.2) is 0 Å². The van der Waals surface area contributed by atoms with Gasteiger partial charge in [0, 0.05) is 11.9 Å². The van der Waals surface area contributed by atoms with Crippen LogP contribution in [0.3, 0.4) is 0 Å². The van der Waals surface area contributed by atoms with Gasteiger partial charge >= 0.3 is 6.09 Å². The quantitative estimate of drug-likeness (QED) is 0.360. The molecule has 3 aromatic rings. The molecule has 1 heterocycles. The molecule has 4 rings (SSSR count). The van der Waals surface area contributed by atoms with Crippen LogP contribution >= 0.6 is 15.9 Å². The van der Waals surface area contributed by atoms with E-state index in [-0.39, 0.29) is 18.8 Å². The Balaban J connectivity index is 1.51. The first kappa shape index (κ1) is 24.0. The fourth-order valence-electron chi connectivity index (χ4n) is 3.89. The molecule has 3 atom stereocenters. The van der Waals surface area contributed by atoms with E-state index in [4.69, 9.17) is 17.3 Å². The van der Waals surface area contributed by atoms with Crippen molar-refractivity contribution in [3.05, 3.63) is 99.8 Å². The Bertz CT molecular complexity index is 1180. The molecule has 8 heteroatoms. The Kier molecular flexibility index (Phi) is 7.36. The number of hydrogen-bond donors (Lipinski definition) is 0. The molecule has 2 amide bonds. The predicted octanol–water partition coefficient (Wildman–Crippen LogP) is 5.95. The van der Waals surface area contributed by atoms with Crippen LogP contribution in [-0.4, -0.2) is 31.4 Å². The van der Waals surface area contributed by atoms with Gasteiger partial charge in [-0.25, -0.2) is 14.1 Å². The van der Waals surface area contributed by atoms with Crippen LogP contribution < -0.4 is 4.74 Å². The molecule has 5 nitrogen and oxygen atoms in total. The molecule has 0 spiro atoms. The van der Waals surface area contributed by atoms with E-state index in [1.807, 2.05) is 60.7 Å². The molecule has 0 aromatic heterocycles. The van der Waals surface area contributed by atoms with E-state index in [1.165, 1.54) is 6.07 Å². The zero-order valence-corrected chi connectivity index (χ0v) is 20.1. The van der Waals surface area contributed by atoms with Crippen molar-refractivity contribution < 1.29 is 23.5 Å². The lowest BCUT2D eigenvalue weighted by Gasteiger charge is -2.27. The lowest BCUT2D eigenvalue weighted by Crippen LogP contribution is -2.38. The first-order valence-electron chi connectivity index (χ1n) is 10.8. The Morgan fingerprint density at radius 2 is 1.82 bits per heavy atom. The lowest BCUT2D eigenvalue weighted by atomic mass is 9.73. The number of carbonyl (C=O) groups is 2. The second-order valence-electron chi connectivity index (χ2n) is 8.10. The smallest absolute Gasteiger partial charge is 0.417 e. The molecule has 2 radical (unpaired) electrons. The van der Waals surface area contributed by atoms with Crippen molar-refractivity contribution in [2.24, 2.45) is 0 Å². The summed E-state index contributed by atoms with van der Waals surface area (Å²) in [6.45, 7) is 1.98. The van der Waals surface area contributed by atoms with Crippen LogP contribution in [0.4, 0.5) is 9.18 Å². The number of benzene rings is 3. The molecule has 0 unspecified atom stereocenters. The number of nitrogens with zero attached hydrogens (tertiary/aromatic N) is 1. The van der Waals surface area contributed by atoms with Crippen molar-refractivity contribution in [3.63, 3.8) is 0 Å². The van der Waals surface area contributed by atoms with E-state index in [2.05, 4.69) is 15.9 Å². The maximum Gasteiger partial charge on any atom is 0.417 e. The van der Waals surface area contributed by atoms with E-state index in [0.29, 0.717) is 10.2 Å². The molecular formula is C26H22BBrFNO4. The maximum atomic E-state index is 15.1. The highest BCUT2D eigenvalue weighted by Crippen LogP contribution is 2.38. The molecule has 3 aromatic carbocycles. The van der Waals surface area contributed by atoms with Gasteiger partial charge in [-0.2, -0.15) is 0 Å². The Hall–Kier alpha value is -3.13. The average molecular weight is 522 g/mol. The fraction of sp³-hybridized carbons (Fsp3) is 0.231. The number of rotatable bonds is 7. The average Bonchev–Trinajstić information content (AvgIpc) is 3.25. The van der Waals surface area contributed by atoms with Crippen molar-refractivity contribution in [1.29, 1.82) is 0 Å². The van der Waals surface area contributed by atoms with Crippen LogP contribution in [0.1, 0.15) is 35.6 Å². The molecule has 1 fully saturated rings. The molecule has 1 aliphatic rings. The minimum absolute atomic E-state index is 0.0447. The number of imide groups is 1. The zero-order chi connectivity index (χ0) is 24.2. The second-order valence-corrected chi connectivity index (χ2v) is 8.96. The van der Waals surface area contributed by atoms with Crippen LogP contribution in [0, 0.1) is 5.82 Å². The third-order valence-electron chi connectivity index (χ3n) is 5.90. The van der Waals surface area contributed by atoms with Gasteiger partial charge in [-0.1, -0.05) is 67.6 Å². The van der Waals surface area contributed by atoms with Crippen molar-refractivity contribution in [1.82, 2.24) is 4.90 Å². The number of cyclic esters (lactones) is 1. The lowest BCUT2D eigenvalue weighted by molar-refractivity contribution is -0.129. The van der Waals surface area contributed by atoms with Crippen LogP contribution in [0.25, 0.3) is 0 Å². The third-order valence-corrected chi connectivity index (χ3v) is 6.52. The number of halogens is 2. The van der Waals surface area contributed by atoms with E-state index in [0.717, 1.165) is 16.0 Å². The molecule has 172 valence electrons. The molecule has 34 heavy (non-hydrogen) atoms. The van der Waals surface area contributed by atoms with Crippen LogP contribution in [0.15, 0.2) is 77.3 Å². The van der Waals surface area contributed by atoms with Gasteiger partial charge in [0.2, 0.25) is 5.91 Å². The predicted molar refractivity (Wildman–Crippen MR) is 130 cm³/mol. The molecule has 1 saturated heterocycles. The van der Waals surface area contributed by atoms with Gasteiger partial charge in [0.05, 0.1) is 12.3 Å². The normalized spacial score (nSPS) is 17.2. The van der Waals surface area contributed by atoms with Crippen molar-refractivity contribution >= 4 is 35.8 Å². The van der Waals surface area contributed by atoms with Gasteiger partial charge in [0.1, 0.15) is 30.8 Å². The van der Waals surface area contributed by atoms with Crippen molar-refractivity contribution in [3.8, 4) is 5.75 Å². The van der Waals surface area contributed by atoms with Gasteiger partial charge < -0.3 is 9.47 Å². The largest absolute Gasteiger partial charge is 0.488 e.